The first-order valence-corrected chi connectivity index (χ1v) is 8.20. The summed E-state index contributed by atoms with van der Waals surface area (Å²) in [5, 5.41) is 11.9. The predicted molar refractivity (Wildman–Crippen MR) is 81.6 cm³/mol. The van der Waals surface area contributed by atoms with Crippen LogP contribution in [-0.4, -0.2) is 24.2 Å². The maximum atomic E-state index is 10.3. The van der Waals surface area contributed by atoms with Crippen LogP contribution >= 0.6 is 0 Å². The molecule has 114 valence electrons. The number of carboxylic acids is 1. The largest absolute Gasteiger partial charge is 0.481 e. The molecule has 0 fully saturated rings. The van der Waals surface area contributed by atoms with Gasteiger partial charge in [-0.1, -0.05) is 58.3 Å². The number of rotatable bonds is 15. The van der Waals surface area contributed by atoms with Gasteiger partial charge in [-0.25, -0.2) is 0 Å². The van der Waals surface area contributed by atoms with Crippen molar-refractivity contribution in [2.75, 3.05) is 13.1 Å². The van der Waals surface area contributed by atoms with E-state index in [-0.39, 0.29) is 0 Å². The van der Waals surface area contributed by atoms with Crippen molar-refractivity contribution in [2.24, 2.45) is 0 Å². The molecule has 0 aromatic carbocycles. The van der Waals surface area contributed by atoms with E-state index in [9.17, 15) is 4.79 Å². The van der Waals surface area contributed by atoms with Crippen LogP contribution in [0.3, 0.4) is 0 Å². The van der Waals surface area contributed by atoms with Gasteiger partial charge >= 0.3 is 5.97 Å². The average molecular weight is 271 g/mol. The second-order valence-corrected chi connectivity index (χ2v) is 5.43. The van der Waals surface area contributed by atoms with Crippen LogP contribution in [0.4, 0.5) is 0 Å². The van der Waals surface area contributed by atoms with Crippen LogP contribution in [0.25, 0.3) is 0 Å². The van der Waals surface area contributed by atoms with Crippen molar-refractivity contribution in [3.8, 4) is 0 Å². The summed E-state index contributed by atoms with van der Waals surface area (Å²) in [7, 11) is 0. The molecule has 0 unspecified atom stereocenters. The summed E-state index contributed by atoms with van der Waals surface area (Å²) in [6, 6.07) is 0. The highest BCUT2D eigenvalue weighted by Crippen LogP contribution is 2.07. The SMILES string of the molecule is CCCCCCCCCCNCCCCCC(=O)O. The smallest absolute Gasteiger partial charge is 0.303 e. The zero-order valence-corrected chi connectivity index (χ0v) is 12.8. The zero-order chi connectivity index (χ0) is 14.2. The second-order valence-electron chi connectivity index (χ2n) is 5.43. The molecule has 0 aromatic heterocycles. The maximum Gasteiger partial charge on any atom is 0.303 e. The number of hydrogen-bond donors (Lipinski definition) is 2. The molecule has 19 heavy (non-hydrogen) atoms. The third-order valence-electron chi connectivity index (χ3n) is 3.45. The molecule has 3 heteroatoms. The summed E-state index contributed by atoms with van der Waals surface area (Å²) in [5.41, 5.74) is 0. The van der Waals surface area contributed by atoms with E-state index in [2.05, 4.69) is 12.2 Å². The van der Waals surface area contributed by atoms with Crippen molar-refractivity contribution in [2.45, 2.75) is 84.0 Å². The van der Waals surface area contributed by atoms with E-state index in [1.54, 1.807) is 0 Å². The topological polar surface area (TPSA) is 49.3 Å². The second kappa shape index (κ2) is 15.5. The summed E-state index contributed by atoms with van der Waals surface area (Å²) < 4.78 is 0. The quantitative estimate of drug-likeness (QED) is 0.435. The Morgan fingerprint density at radius 1 is 0.789 bits per heavy atom. The molecule has 0 aliphatic rings. The van der Waals surface area contributed by atoms with Gasteiger partial charge in [-0.05, 0) is 32.4 Å². The van der Waals surface area contributed by atoms with Gasteiger partial charge in [0.25, 0.3) is 0 Å². The average Bonchev–Trinajstić information content (AvgIpc) is 2.39. The summed E-state index contributed by atoms with van der Waals surface area (Å²) in [6.45, 7) is 4.41. The van der Waals surface area contributed by atoms with E-state index in [4.69, 9.17) is 5.11 Å². The van der Waals surface area contributed by atoms with Gasteiger partial charge in [0.1, 0.15) is 0 Å². The minimum Gasteiger partial charge on any atom is -0.481 e. The minimum atomic E-state index is -0.674. The summed E-state index contributed by atoms with van der Waals surface area (Å²) in [6.07, 6.45) is 14.2. The lowest BCUT2D eigenvalue weighted by Gasteiger charge is -2.04. The molecule has 2 N–H and O–H groups in total. The normalized spacial score (nSPS) is 10.8. The number of carbonyl (C=O) groups is 1. The van der Waals surface area contributed by atoms with Crippen LogP contribution < -0.4 is 5.32 Å². The Hall–Kier alpha value is -0.570. The van der Waals surface area contributed by atoms with Crippen molar-refractivity contribution < 1.29 is 9.90 Å². The van der Waals surface area contributed by atoms with Crippen molar-refractivity contribution in [3.63, 3.8) is 0 Å². The fourth-order valence-corrected chi connectivity index (χ4v) is 2.21. The first-order chi connectivity index (χ1) is 9.27. The van der Waals surface area contributed by atoms with E-state index < -0.39 is 5.97 Å². The van der Waals surface area contributed by atoms with Crippen LogP contribution in [0, 0.1) is 0 Å². The Kier molecular flexibility index (Phi) is 15.0. The van der Waals surface area contributed by atoms with Crippen molar-refractivity contribution >= 4 is 5.97 Å². The molecule has 0 aliphatic carbocycles. The van der Waals surface area contributed by atoms with Crippen LogP contribution in [-0.2, 0) is 4.79 Å². The highest BCUT2D eigenvalue weighted by atomic mass is 16.4. The van der Waals surface area contributed by atoms with Crippen molar-refractivity contribution in [1.29, 1.82) is 0 Å². The number of aliphatic carboxylic acids is 1. The van der Waals surface area contributed by atoms with Crippen LogP contribution in [0.15, 0.2) is 0 Å². The van der Waals surface area contributed by atoms with Gasteiger partial charge in [0.2, 0.25) is 0 Å². The Labute approximate surface area is 119 Å². The lowest BCUT2D eigenvalue weighted by molar-refractivity contribution is -0.137. The molecular weight excluding hydrogens is 238 g/mol. The van der Waals surface area contributed by atoms with Gasteiger partial charge in [-0.3, -0.25) is 4.79 Å². The lowest BCUT2D eigenvalue weighted by atomic mass is 10.1. The summed E-state index contributed by atoms with van der Waals surface area (Å²) >= 11 is 0. The van der Waals surface area contributed by atoms with E-state index in [0.717, 1.165) is 32.4 Å². The summed E-state index contributed by atoms with van der Waals surface area (Å²) in [5.74, 6) is -0.674. The molecular formula is C16H33NO2. The first kappa shape index (κ1) is 18.4. The van der Waals surface area contributed by atoms with Crippen LogP contribution in [0.5, 0.6) is 0 Å². The first-order valence-electron chi connectivity index (χ1n) is 8.20. The van der Waals surface area contributed by atoms with Crippen molar-refractivity contribution in [1.82, 2.24) is 5.32 Å². The Morgan fingerprint density at radius 3 is 1.79 bits per heavy atom. The van der Waals surface area contributed by atoms with E-state index in [1.165, 1.54) is 51.4 Å². The number of unbranched alkanes of at least 4 members (excludes halogenated alkanes) is 9. The van der Waals surface area contributed by atoms with Gasteiger partial charge in [0, 0.05) is 6.42 Å². The van der Waals surface area contributed by atoms with E-state index in [1.807, 2.05) is 0 Å². The molecule has 0 aliphatic heterocycles. The van der Waals surface area contributed by atoms with E-state index in [0.29, 0.717) is 6.42 Å². The van der Waals surface area contributed by atoms with Gasteiger partial charge in [-0.15, -0.1) is 0 Å². The molecule has 3 nitrogen and oxygen atoms in total. The zero-order valence-electron chi connectivity index (χ0n) is 12.8. The molecule has 0 saturated heterocycles. The molecule has 0 amide bonds. The summed E-state index contributed by atoms with van der Waals surface area (Å²) in [4.78, 5) is 10.3. The lowest BCUT2D eigenvalue weighted by Crippen LogP contribution is -2.16. The molecule has 0 bridgehead atoms. The van der Waals surface area contributed by atoms with Gasteiger partial charge in [-0.2, -0.15) is 0 Å². The Morgan fingerprint density at radius 2 is 1.26 bits per heavy atom. The molecule has 0 aromatic rings. The highest BCUT2D eigenvalue weighted by molar-refractivity contribution is 5.66. The standard InChI is InChI=1S/C16H33NO2/c1-2-3-4-5-6-7-8-11-14-17-15-12-9-10-13-16(18)19/h17H,2-15H2,1H3,(H,18,19). The molecule has 0 rings (SSSR count). The van der Waals surface area contributed by atoms with Gasteiger partial charge < -0.3 is 10.4 Å². The maximum absolute atomic E-state index is 10.3. The van der Waals surface area contributed by atoms with Crippen molar-refractivity contribution in [3.05, 3.63) is 0 Å². The predicted octanol–water partition coefficient (Wildman–Crippen LogP) is 4.36. The van der Waals surface area contributed by atoms with Gasteiger partial charge in [0.15, 0.2) is 0 Å². The Bertz CT molecular complexity index is 195. The monoisotopic (exact) mass is 271 g/mol. The molecule has 0 atom stereocenters. The fourth-order valence-electron chi connectivity index (χ4n) is 2.21. The molecule has 0 radical (unpaired) electrons. The number of nitrogens with one attached hydrogen (secondary N) is 1. The molecule has 0 spiro atoms. The van der Waals surface area contributed by atoms with Gasteiger partial charge in [0.05, 0.1) is 0 Å². The third kappa shape index (κ3) is 17.4. The van der Waals surface area contributed by atoms with Crippen LogP contribution in [0.1, 0.15) is 84.0 Å². The fraction of sp³-hybridized carbons (Fsp3) is 0.938. The number of hydrogen-bond acceptors (Lipinski definition) is 2. The third-order valence-corrected chi connectivity index (χ3v) is 3.45. The molecule has 0 heterocycles. The highest BCUT2D eigenvalue weighted by Gasteiger charge is 1.96. The minimum absolute atomic E-state index is 0.317. The molecule has 0 saturated carbocycles. The van der Waals surface area contributed by atoms with Crippen LogP contribution in [0.2, 0.25) is 0 Å². The Balaban J connectivity index is 2.93. The van der Waals surface area contributed by atoms with E-state index >= 15 is 0 Å². The number of carboxylic acid groups (broad SMARTS) is 1.